The average molecular weight is 366 g/mol. The molecule has 2 aromatic rings. The van der Waals surface area contributed by atoms with Crippen LogP contribution >= 0.6 is 0 Å². The van der Waals surface area contributed by atoms with E-state index in [1.54, 1.807) is 6.07 Å². The smallest absolute Gasteiger partial charge is 0.409 e. The number of nitrogens with zero attached hydrogens (tertiary/aromatic N) is 2. The van der Waals surface area contributed by atoms with Gasteiger partial charge in [-0.05, 0) is 73.4 Å². The number of fused-ring (bicyclic) bond motifs is 2. The lowest BCUT2D eigenvalue weighted by atomic mass is 9.76. The molecule has 1 N–H and O–H groups in total. The van der Waals surface area contributed by atoms with Crippen LogP contribution in [0.15, 0.2) is 36.5 Å². The zero-order valence-electron chi connectivity index (χ0n) is 15.7. The van der Waals surface area contributed by atoms with E-state index < -0.39 is 0 Å². The van der Waals surface area contributed by atoms with Crippen LogP contribution in [0.25, 0.3) is 0 Å². The van der Waals surface area contributed by atoms with E-state index in [-0.39, 0.29) is 12.0 Å². The molecule has 0 bridgehead atoms. The largest absolute Gasteiger partial charge is 0.508 e. The number of amides is 1. The Hall–Kier alpha value is -2.56. The maximum Gasteiger partial charge on any atom is 0.409 e. The van der Waals surface area contributed by atoms with Crippen molar-refractivity contribution in [1.82, 2.24) is 9.88 Å². The van der Waals surface area contributed by atoms with Gasteiger partial charge in [-0.2, -0.15) is 0 Å². The molecule has 1 fully saturated rings. The number of benzene rings is 1. The topological polar surface area (TPSA) is 62.7 Å². The van der Waals surface area contributed by atoms with Crippen molar-refractivity contribution in [3.05, 3.63) is 58.9 Å². The molecule has 5 nitrogen and oxygen atoms in total. The van der Waals surface area contributed by atoms with Gasteiger partial charge in [0.05, 0.1) is 12.3 Å². The Morgan fingerprint density at radius 1 is 1.22 bits per heavy atom. The summed E-state index contributed by atoms with van der Waals surface area (Å²) in [6.45, 7) is 3.69. The van der Waals surface area contributed by atoms with Crippen molar-refractivity contribution in [2.75, 3.05) is 19.7 Å². The van der Waals surface area contributed by atoms with Crippen LogP contribution in [0.1, 0.15) is 48.1 Å². The second-order valence-electron chi connectivity index (χ2n) is 7.43. The second kappa shape index (κ2) is 7.59. The SMILES string of the molecule is CCOC(=O)N1CCC(C2c3ccc(O)cc3CCc3cccnc32)CC1. The van der Waals surface area contributed by atoms with E-state index in [0.29, 0.717) is 18.3 Å². The summed E-state index contributed by atoms with van der Waals surface area (Å²) < 4.78 is 5.15. The molecule has 1 atom stereocenters. The van der Waals surface area contributed by atoms with Gasteiger partial charge in [-0.1, -0.05) is 12.1 Å². The van der Waals surface area contributed by atoms with Crippen LogP contribution < -0.4 is 0 Å². The molecule has 1 saturated heterocycles. The lowest BCUT2D eigenvalue weighted by molar-refractivity contribution is 0.0900. The summed E-state index contributed by atoms with van der Waals surface area (Å²) in [5.74, 6) is 0.956. The molecule has 5 heteroatoms. The minimum Gasteiger partial charge on any atom is -0.508 e. The Kier molecular flexibility index (Phi) is 5.01. The van der Waals surface area contributed by atoms with E-state index in [1.807, 2.05) is 30.2 Å². The minimum absolute atomic E-state index is 0.208. The van der Waals surface area contributed by atoms with Gasteiger partial charge < -0.3 is 14.7 Å². The van der Waals surface area contributed by atoms with Crippen molar-refractivity contribution in [1.29, 1.82) is 0 Å². The van der Waals surface area contributed by atoms with Crippen molar-refractivity contribution in [3.63, 3.8) is 0 Å². The van der Waals surface area contributed by atoms with Gasteiger partial charge in [-0.3, -0.25) is 4.98 Å². The first-order valence-corrected chi connectivity index (χ1v) is 9.84. The molecule has 0 spiro atoms. The Labute approximate surface area is 160 Å². The van der Waals surface area contributed by atoms with E-state index in [1.165, 1.54) is 16.7 Å². The van der Waals surface area contributed by atoms with E-state index in [9.17, 15) is 9.90 Å². The summed E-state index contributed by atoms with van der Waals surface area (Å²) >= 11 is 0. The molecule has 0 radical (unpaired) electrons. The Balaban J connectivity index is 1.65. The van der Waals surface area contributed by atoms with Crippen LogP contribution in [-0.2, 0) is 17.6 Å². The maximum absolute atomic E-state index is 12.0. The standard InChI is InChI=1S/C22H26N2O3/c1-2-27-22(26)24-12-9-15(10-13-24)20-19-8-7-18(25)14-17(19)6-5-16-4-3-11-23-21(16)20/h3-4,7-8,11,14-15,20,25H,2,5-6,9-10,12-13H2,1H3. The van der Waals surface area contributed by atoms with Gasteiger partial charge >= 0.3 is 6.09 Å². The van der Waals surface area contributed by atoms with Gasteiger partial charge in [-0.15, -0.1) is 0 Å². The van der Waals surface area contributed by atoms with E-state index in [0.717, 1.165) is 44.5 Å². The van der Waals surface area contributed by atoms with Crippen molar-refractivity contribution in [2.45, 2.75) is 38.5 Å². The Bertz CT molecular complexity index is 828. The molecule has 4 rings (SSSR count). The van der Waals surface area contributed by atoms with Crippen LogP contribution in [0.2, 0.25) is 0 Å². The molecule has 27 heavy (non-hydrogen) atoms. The van der Waals surface area contributed by atoms with E-state index >= 15 is 0 Å². The number of aryl methyl sites for hydroxylation is 2. The zero-order chi connectivity index (χ0) is 18.8. The highest BCUT2D eigenvalue weighted by molar-refractivity contribution is 5.67. The second-order valence-corrected chi connectivity index (χ2v) is 7.43. The summed E-state index contributed by atoms with van der Waals surface area (Å²) in [7, 11) is 0. The van der Waals surface area contributed by atoms with Gasteiger partial charge in [0.1, 0.15) is 5.75 Å². The van der Waals surface area contributed by atoms with Crippen LogP contribution in [0.3, 0.4) is 0 Å². The number of phenolic OH excluding ortho intramolecular Hbond substituents is 1. The van der Waals surface area contributed by atoms with Crippen molar-refractivity contribution < 1.29 is 14.6 Å². The zero-order valence-corrected chi connectivity index (χ0v) is 15.7. The Morgan fingerprint density at radius 3 is 2.78 bits per heavy atom. The number of rotatable bonds is 2. The van der Waals surface area contributed by atoms with Gasteiger partial charge in [0.15, 0.2) is 0 Å². The predicted molar refractivity (Wildman–Crippen MR) is 103 cm³/mol. The summed E-state index contributed by atoms with van der Waals surface area (Å²) in [6, 6.07) is 9.94. The van der Waals surface area contributed by atoms with Gasteiger partial charge in [0.25, 0.3) is 0 Å². The summed E-state index contributed by atoms with van der Waals surface area (Å²) in [6.07, 6.45) is 5.39. The molecule has 142 valence electrons. The number of likely N-dealkylation sites (tertiary alicyclic amines) is 1. The normalized spacial score (nSPS) is 19.7. The molecular weight excluding hydrogens is 340 g/mol. The molecule has 2 heterocycles. The number of ether oxygens (including phenoxy) is 1. The fraction of sp³-hybridized carbons (Fsp3) is 0.455. The lowest BCUT2D eigenvalue weighted by Crippen LogP contribution is -2.40. The first kappa shape index (κ1) is 17.8. The number of hydrogen-bond donors (Lipinski definition) is 1. The van der Waals surface area contributed by atoms with Crippen LogP contribution in [-0.4, -0.2) is 40.8 Å². The molecule has 0 saturated carbocycles. The molecule has 1 amide bonds. The molecule has 1 unspecified atom stereocenters. The third-order valence-electron chi connectivity index (χ3n) is 5.88. The molecule has 1 aliphatic carbocycles. The van der Waals surface area contributed by atoms with Crippen LogP contribution in [0.4, 0.5) is 4.79 Å². The van der Waals surface area contributed by atoms with Crippen LogP contribution in [0, 0.1) is 5.92 Å². The van der Waals surface area contributed by atoms with Crippen molar-refractivity contribution >= 4 is 6.09 Å². The number of aromatic nitrogens is 1. The number of pyridine rings is 1. The molecule has 1 aromatic carbocycles. The van der Waals surface area contributed by atoms with Crippen molar-refractivity contribution in [2.24, 2.45) is 5.92 Å². The fourth-order valence-corrected chi connectivity index (χ4v) is 4.58. The number of phenols is 1. The highest BCUT2D eigenvalue weighted by atomic mass is 16.6. The highest BCUT2D eigenvalue weighted by Gasteiger charge is 2.35. The van der Waals surface area contributed by atoms with Gasteiger partial charge in [-0.25, -0.2) is 4.79 Å². The highest BCUT2D eigenvalue weighted by Crippen LogP contribution is 2.42. The lowest BCUT2D eigenvalue weighted by Gasteiger charge is -2.36. The number of hydrogen-bond acceptors (Lipinski definition) is 4. The number of piperidine rings is 1. The molecule has 2 aliphatic rings. The fourth-order valence-electron chi connectivity index (χ4n) is 4.58. The first-order chi connectivity index (χ1) is 13.2. The van der Waals surface area contributed by atoms with Gasteiger partial charge in [0, 0.05) is 25.2 Å². The minimum atomic E-state index is -0.208. The molecule has 1 aliphatic heterocycles. The summed E-state index contributed by atoms with van der Waals surface area (Å²) in [4.78, 5) is 18.6. The third kappa shape index (κ3) is 3.51. The van der Waals surface area contributed by atoms with E-state index in [4.69, 9.17) is 9.72 Å². The third-order valence-corrected chi connectivity index (χ3v) is 5.88. The van der Waals surface area contributed by atoms with E-state index in [2.05, 4.69) is 12.1 Å². The maximum atomic E-state index is 12.0. The monoisotopic (exact) mass is 366 g/mol. The molecule has 1 aromatic heterocycles. The average Bonchev–Trinajstić information content (AvgIpc) is 2.85. The quantitative estimate of drug-likeness (QED) is 0.876. The van der Waals surface area contributed by atoms with Crippen LogP contribution in [0.5, 0.6) is 5.75 Å². The number of carbonyl (C=O) groups is 1. The van der Waals surface area contributed by atoms with Gasteiger partial charge in [0.2, 0.25) is 0 Å². The summed E-state index contributed by atoms with van der Waals surface area (Å²) in [5.41, 5.74) is 4.95. The first-order valence-electron chi connectivity index (χ1n) is 9.84. The Morgan fingerprint density at radius 2 is 2.00 bits per heavy atom. The predicted octanol–water partition coefficient (Wildman–Crippen LogP) is 3.89. The number of carbonyl (C=O) groups excluding carboxylic acids is 1. The summed E-state index contributed by atoms with van der Waals surface area (Å²) in [5, 5.41) is 9.97. The molecular formula is C22H26N2O3. The van der Waals surface area contributed by atoms with Crippen molar-refractivity contribution in [3.8, 4) is 5.75 Å². The number of aromatic hydroxyl groups is 1.